The predicted molar refractivity (Wildman–Crippen MR) is 58.8 cm³/mol. The minimum absolute atomic E-state index is 0.357. The average molecular weight is 259 g/mol. The van der Waals surface area contributed by atoms with Crippen LogP contribution in [-0.4, -0.2) is 14.8 Å². The lowest BCUT2D eigenvalue weighted by Crippen LogP contribution is -2.18. The van der Waals surface area contributed by atoms with E-state index < -0.39 is 0 Å². The number of anilines is 1. The number of hydrogen-bond acceptors (Lipinski definition) is 3. The van der Waals surface area contributed by atoms with Gasteiger partial charge in [-0.25, -0.2) is 4.68 Å². The van der Waals surface area contributed by atoms with Crippen LogP contribution in [0.5, 0.6) is 0 Å². The lowest BCUT2D eigenvalue weighted by atomic mass is 9.87. The van der Waals surface area contributed by atoms with Crippen LogP contribution in [-0.2, 0) is 0 Å². The summed E-state index contributed by atoms with van der Waals surface area (Å²) in [6.07, 6.45) is 4.92. The molecule has 1 aromatic heterocycles. The van der Waals surface area contributed by atoms with Crippen LogP contribution in [0.2, 0.25) is 0 Å². The van der Waals surface area contributed by atoms with Gasteiger partial charge in [0.1, 0.15) is 0 Å². The first-order valence-corrected chi connectivity index (χ1v) is 5.83. The van der Waals surface area contributed by atoms with Crippen molar-refractivity contribution >= 4 is 21.9 Å². The second-order valence-electron chi connectivity index (χ2n) is 4.10. The standard InChI is InChI=1S/C9H15BrN4/c1-6-2-4-7(5-3-6)14-8(10)12-9(11)13-14/h6-7H,2-5H2,1H3,(H2,11,13). The molecule has 0 radical (unpaired) electrons. The quantitative estimate of drug-likeness (QED) is 0.842. The monoisotopic (exact) mass is 258 g/mol. The van der Waals surface area contributed by atoms with Crippen molar-refractivity contribution < 1.29 is 0 Å². The van der Waals surface area contributed by atoms with Gasteiger partial charge in [-0.3, -0.25) is 0 Å². The summed E-state index contributed by atoms with van der Waals surface area (Å²) in [5, 5.41) is 4.20. The summed E-state index contributed by atoms with van der Waals surface area (Å²) in [4.78, 5) is 4.05. The SMILES string of the molecule is CC1CCC(n2nc(N)nc2Br)CC1. The van der Waals surface area contributed by atoms with Gasteiger partial charge >= 0.3 is 0 Å². The highest BCUT2D eigenvalue weighted by Gasteiger charge is 2.22. The molecule has 0 unspecified atom stereocenters. The maximum absolute atomic E-state index is 5.54. The van der Waals surface area contributed by atoms with Gasteiger partial charge in [0.15, 0.2) is 4.73 Å². The van der Waals surface area contributed by atoms with E-state index in [-0.39, 0.29) is 0 Å². The number of nitrogens with zero attached hydrogens (tertiary/aromatic N) is 3. The minimum Gasteiger partial charge on any atom is -0.366 e. The third-order valence-corrected chi connectivity index (χ3v) is 3.48. The van der Waals surface area contributed by atoms with E-state index in [1.165, 1.54) is 25.7 Å². The zero-order valence-electron chi connectivity index (χ0n) is 8.28. The fourth-order valence-corrected chi connectivity index (χ4v) is 2.59. The van der Waals surface area contributed by atoms with Crippen molar-refractivity contribution in [3.63, 3.8) is 0 Å². The van der Waals surface area contributed by atoms with Gasteiger partial charge < -0.3 is 5.73 Å². The van der Waals surface area contributed by atoms with Gasteiger partial charge in [-0.2, -0.15) is 4.98 Å². The highest BCUT2D eigenvalue weighted by Crippen LogP contribution is 2.32. The van der Waals surface area contributed by atoms with E-state index in [9.17, 15) is 0 Å². The molecule has 1 aliphatic rings. The summed E-state index contributed by atoms with van der Waals surface area (Å²) in [6.45, 7) is 2.31. The van der Waals surface area contributed by atoms with E-state index in [0.717, 1.165) is 10.7 Å². The topological polar surface area (TPSA) is 56.7 Å². The van der Waals surface area contributed by atoms with Crippen LogP contribution in [0.1, 0.15) is 38.6 Å². The molecule has 1 saturated carbocycles. The summed E-state index contributed by atoms with van der Waals surface area (Å²) < 4.78 is 2.68. The molecule has 78 valence electrons. The van der Waals surface area contributed by atoms with E-state index in [4.69, 9.17) is 5.73 Å². The molecule has 2 rings (SSSR count). The first kappa shape index (κ1) is 9.96. The Labute approximate surface area is 92.0 Å². The summed E-state index contributed by atoms with van der Waals surface area (Å²) in [5.74, 6) is 1.21. The molecule has 0 bridgehead atoms. The Morgan fingerprint density at radius 3 is 2.50 bits per heavy atom. The Morgan fingerprint density at radius 2 is 2.00 bits per heavy atom. The van der Waals surface area contributed by atoms with E-state index in [2.05, 4.69) is 32.9 Å². The molecule has 4 nitrogen and oxygen atoms in total. The average Bonchev–Trinajstić information content (AvgIpc) is 2.47. The van der Waals surface area contributed by atoms with Crippen molar-refractivity contribution in [1.82, 2.24) is 14.8 Å². The molecule has 1 fully saturated rings. The molecule has 1 aliphatic carbocycles. The molecule has 2 N–H and O–H groups in total. The molecular formula is C9H15BrN4. The Morgan fingerprint density at radius 1 is 1.36 bits per heavy atom. The molecular weight excluding hydrogens is 244 g/mol. The number of nitrogens with two attached hydrogens (primary N) is 1. The van der Waals surface area contributed by atoms with E-state index >= 15 is 0 Å². The van der Waals surface area contributed by atoms with Crippen LogP contribution in [0.4, 0.5) is 5.95 Å². The van der Waals surface area contributed by atoms with Gasteiger partial charge in [0.05, 0.1) is 6.04 Å². The third-order valence-electron chi connectivity index (χ3n) is 2.94. The first-order valence-electron chi connectivity index (χ1n) is 5.04. The molecule has 0 aliphatic heterocycles. The highest BCUT2D eigenvalue weighted by molar-refractivity contribution is 9.10. The molecule has 1 heterocycles. The van der Waals surface area contributed by atoms with Gasteiger partial charge in [-0.15, -0.1) is 5.10 Å². The first-order chi connectivity index (χ1) is 6.66. The van der Waals surface area contributed by atoms with E-state index in [0.29, 0.717) is 12.0 Å². The number of aromatic nitrogens is 3. The van der Waals surface area contributed by atoms with Crippen molar-refractivity contribution in [3.05, 3.63) is 4.73 Å². The number of hydrogen-bond donors (Lipinski definition) is 1. The van der Waals surface area contributed by atoms with Crippen molar-refractivity contribution in [2.75, 3.05) is 5.73 Å². The molecule has 0 spiro atoms. The largest absolute Gasteiger partial charge is 0.366 e. The highest BCUT2D eigenvalue weighted by atomic mass is 79.9. The number of halogens is 1. The molecule has 0 aromatic carbocycles. The van der Waals surface area contributed by atoms with Gasteiger partial charge in [0, 0.05) is 0 Å². The van der Waals surface area contributed by atoms with E-state index in [1.807, 2.05) is 4.68 Å². The number of nitrogen functional groups attached to an aromatic ring is 1. The van der Waals surface area contributed by atoms with Crippen molar-refractivity contribution in [2.45, 2.75) is 38.6 Å². The molecule has 5 heteroatoms. The fourth-order valence-electron chi connectivity index (χ4n) is 2.04. The maximum atomic E-state index is 5.54. The Hall–Kier alpha value is -0.580. The van der Waals surface area contributed by atoms with Gasteiger partial charge in [0.2, 0.25) is 5.95 Å². The molecule has 1 aromatic rings. The summed E-state index contributed by atoms with van der Waals surface area (Å²) in [6, 6.07) is 0.477. The van der Waals surface area contributed by atoms with Crippen LogP contribution in [0.3, 0.4) is 0 Å². The lowest BCUT2D eigenvalue weighted by molar-refractivity contribution is 0.270. The van der Waals surface area contributed by atoms with Crippen molar-refractivity contribution in [2.24, 2.45) is 5.92 Å². The smallest absolute Gasteiger partial charge is 0.240 e. The fraction of sp³-hybridized carbons (Fsp3) is 0.778. The third kappa shape index (κ3) is 1.92. The molecule has 0 saturated heterocycles. The molecule has 14 heavy (non-hydrogen) atoms. The van der Waals surface area contributed by atoms with Crippen LogP contribution in [0.25, 0.3) is 0 Å². The predicted octanol–water partition coefficient (Wildman–Crippen LogP) is 2.37. The zero-order valence-corrected chi connectivity index (χ0v) is 9.87. The van der Waals surface area contributed by atoms with Gasteiger partial charge in [-0.1, -0.05) is 6.92 Å². The Balaban J connectivity index is 2.11. The van der Waals surface area contributed by atoms with Crippen LogP contribution in [0.15, 0.2) is 4.73 Å². The normalized spacial score (nSPS) is 27.9. The second kappa shape index (κ2) is 3.88. The molecule has 0 amide bonds. The summed E-state index contributed by atoms with van der Waals surface area (Å²) in [7, 11) is 0. The molecule has 0 atom stereocenters. The van der Waals surface area contributed by atoms with Crippen LogP contribution < -0.4 is 5.73 Å². The lowest BCUT2D eigenvalue weighted by Gasteiger charge is -2.26. The number of rotatable bonds is 1. The summed E-state index contributed by atoms with van der Waals surface area (Å²) in [5.41, 5.74) is 5.54. The van der Waals surface area contributed by atoms with Crippen molar-refractivity contribution in [3.8, 4) is 0 Å². The second-order valence-corrected chi connectivity index (χ2v) is 4.81. The summed E-state index contributed by atoms with van der Waals surface area (Å²) >= 11 is 3.38. The van der Waals surface area contributed by atoms with E-state index in [1.54, 1.807) is 0 Å². The van der Waals surface area contributed by atoms with Gasteiger partial charge in [-0.05, 0) is 47.5 Å². The van der Waals surface area contributed by atoms with Crippen LogP contribution in [0, 0.1) is 5.92 Å². The minimum atomic E-state index is 0.357. The Bertz CT molecular complexity index is 315. The van der Waals surface area contributed by atoms with Crippen LogP contribution >= 0.6 is 15.9 Å². The van der Waals surface area contributed by atoms with Crippen molar-refractivity contribution in [1.29, 1.82) is 0 Å². The van der Waals surface area contributed by atoms with Gasteiger partial charge in [0.25, 0.3) is 0 Å². The zero-order chi connectivity index (χ0) is 10.1. The maximum Gasteiger partial charge on any atom is 0.240 e. The Kier molecular flexibility index (Phi) is 2.76.